The molecule has 8 bridgehead atoms. The van der Waals surface area contributed by atoms with E-state index < -0.39 is 17.7 Å². The number of nitrogens with zero attached hydrogens (tertiary/aromatic N) is 9. The van der Waals surface area contributed by atoms with Gasteiger partial charge in [-0.05, 0) is 214 Å². The second-order valence-electron chi connectivity index (χ2n) is 39.4. The first-order chi connectivity index (χ1) is 70.4. The number of thiophene rings is 1. The van der Waals surface area contributed by atoms with E-state index in [9.17, 15) is 18.0 Å². The van der Waals surface area contributed by atoms with Gasteiger partial charge in [-0.25, -0.2) is 9.97 Å². The molecule has 2 aliphatic rings. The number of carbonyl (C=O) groups is 1. The topological polar surface area (TPSA) is 156 Å². The summed E-state index contributed by atoms with van der Waals surface area (Å²) in [6.07, 6.45) is 12.1. The summed E-state index contributed by atoms with van der Waals surface area (Å²) in [6.45, 7) is 38.1. The van der Waals surface area contributed by atoms with Crippen molar-refractivity contribution in [2.24, 2.45) is 0 Å². The van der Waals surface area contributed by atoms with E-state index in [0.717, 1.165) is 179 Å². The summed E-state index contributed by atoms with van der Waals surface area (Å²) in [5, 5.41) is 19.4. The molecular weight excluding hydrogens is 2360 g/mol. The molecule has 0 unspecified atom stereocenters. The van der Waals surface area contributed by atoms with Gasteiger partial charge in [0.05, 0.1) is 38.7 Å². The Bertz CT molecular complexity index is 7510. The number of pyridine rings is 5. The van der Waals surface area contributed by atoms with Gasteiger partial charge in [0.25, 0.3) is 0 Å². The summed E-state index contributed by atoms with van der Waals surface area (Å²) in [5.41, 5.74) is 38.9. The van der Waals surface area contributed by atoms with Crippen molar-refractivity contribution < 1.29 is 114 Å². The van der Waals surface area contributed by atoms with Crippen LogP contribution in [-0.4, -0.2) is 52.0 Å². The molecule has 0 spiro atoms. The van der Waals surface area contributed by atoms with Crippen molar-refractivity contribution in [2.45, 2.75) is 191 Å². The molecule has 0 atom stereocenters. The van der Waals surface area contributed by atoms with Gasteiger partial charge in [0.1, 0.15) is 0 Å². The third-order valence-electron chi connectivity index (χ3n) is 26.9. The van der Waals surface area contributed by atoms with Gasteiger partial charge in [0.15, 0.2) is 5.78 Å². The molecule has 0 saturated carbocycles. The molecule has 0 saturated heterocycles. The number of aromatic nitrogens is 9. The van der Waals surface area contributed by atoms with Gasteiger partial charge < -0.3 is 30.0 Å². The molecule has 21 rings (SSSR count). The number of hydrogen-bond acceptors (Lipinski definition) is 10. The Morgan fingerprint density at radius 3 is 0.906 bits per heavy atom. The Hall–Kier alpha value is -12.5. The minimum atomic E-state index is -4.87. The summed E-state index contributed by atoms with van der Waals surface area (Å²) in [6, 6.07) is 111. The fourth-order valence-electron chi connectivity index (χ4n) is 19.1. The molecule has 18 heteroatoms. The van der Waals surface area contributed by atoms with Crippen LogP contribution < -0.4 is 9.97 Å². The third kappa shape index (κ3) is 26.7. The number of aliphatic hydroxyl groups excluding tert-OH is 1. The number of allylic oxidation sites excluding steroid dienone is 6. The monoisotopic (exact) mass is 2480 g/mol. The van der Waals surface area contributed by atoms with Crippen LogP contribution in [0.5, 0.6) is 0 Å². The van der Waals surface area contributed by atoms with E-state index >= 15 is 0 Å². The largest absolute Gasteiger partial charge is 3.00 e. The average Bonchev–Trinajstić information content (AvgIpc) is 1.61. The second kappa shape index (κ2) is 50.9. The molecule has 757 valence electrons. The molecule has 0 amide bonds. The zero-order valence-electron chi connectivity index (χ0n) is 87.4. The van der Waals surface area contributed by atoms with Crippen molar-refractivity contribution in [1.29, 1.82) is 0 Å². The molecule has 149 heavy (non-hydrogen) atoms. The van der Waals surface area contributed by atoms with Gasteiger partial charge in [-0.2, -0.15) is 13.2 Å². The SMILES string of the molecule is CC(C)(C)c1ccc(-c2cc[c-]c(-c3nccc4ccccc34)c2)cc1.CC(C)(C)c1ccc(-c2cc[c-]c(-c3nccc4ccccc34)c2)cc1.CC(C)(C)c1ccc(-c2cc[c-]c(-c3nccc4ccccc34)c2)cc1.CCC1=C(CC)c2cc3[n-]c(cc4nc(cc5[n-]c(cc1n2)c(CC)c5CC)C(CC)=C4CC)c(CC)c3CC.O=C(C=C(O)C(F)(F)F)c1cccs1.[Eu].[Ir+3].[Pt+2].c1cnc2c(c1)ccc1cccnc12. The van der Waals surface area contributed by atoms with E-state index in [1.165, 1.54) is 123 Å². The molecule has 11 heterocycles. The first kappa shape index (κ1) is 114. The number of aryl methyl sites for hydroxylation is 4. The molecule has 1 N–H and O–H groups in total. The van der Waals surface area contributed by atoms with E-state index in [2.05, 4.69) is 391 Å². The Kier molecular flexibility index (Phi) is 38.8. The van der Waals surface area contributed by atoms with Crippen LogP contribution in [0.25, 0.3) is 166 Å². The summed E-state index contributed by atoms with van der Waals surface area (Å²) in [4.78, 5) is 54.8. The molecule has 9 aromatic heterocycles. The van der Waals surface area contributed by atoms with Gasteiger partial charge in [-0.15, -0.1) is 140 Å². The smallest absolute Gasteiger partial charge is 0.657 e. The van der Waals surface area contributed by atoms with Crippen LogP contribution in [-0.2, 0) is 83.1 Å². The van der Waals surface area contributed by atoms with Crippen LogP contribution in [0, 0.1) is 67.6 Å². The Morgan fingerprint density at radius 2 is 0.638 bits per heavy atom. The fourth-order valence-corrected chi connectivity index (χ4v) is 19.8. The number of hydrogen-bond donors (Lipinski definition) is 1. The van der Waals surface area contributed by atoms with E-state index in [1.54, 1.807) is 17.8 Å². The molecule has 11 nitrogen and oxygen atoms in total. The fraction of sp³-hybridized carbons (Fsp3) is 0.221. The maximum absolute atomic E-state index is 11.8. The van der Waals surface area contributed by atoms with Gasteiger partial charge in [-0.1, -0.05) is 340 Å². The summed E-state index contributed by atoms with van der Waals surface area (Å²) in [7, 11) is 0. The van der Waals surface area contributed by atoms with Crippen molar-refractivity contribution in [3.63, 3.8) is 0 Å². The zero-order chi connectivity index (χ0) is 103. The number of carbonyl (C=O) groups excluding carboxylic acids is 1. The normalized spacial score (nSPS) is 12.0. The van der Waals surface area contributed by atoms with E-state index in [4.69, 9.17) is 25.0 Å². The minimum absolute atomic E-state index is 0. The molecule has 10 aromatic carbocycles. The van der Waals surface area contributed by atoms with E-state index in [1.807, 2.05) is 67.1 Å². The molecule has 1 radical (unpaired) electrons. The Balaban J connectivity index is 0.000000153. The summed E-state index contributed by atoms with van der Waals surface area (Å²) >= 11 is 1.01. The van der Waals surface area contributed by atoms with Crippen LogP contribution in [0.15, 0.2) is 339 Å². The number of halogens is 3. The number of aliphatic hydroxyl groups is 1. The van der Waals surface area contributed by atoms with Crippen LogP contribution in [0.2, 0.25) is 0 Å². The van der Waals surface area contributed by atoms with Crippen molar-refractivity contribution in [3.8, 4) is 67.2 Å². The number of ketones is 1. The van der Waals surface area contributed by atoms with Gasteiger partial charge in [0.2, 0.25) is 5.76 Å². The standard InChI is InChI=1S/C36H44N4.3C25H22N.C12H8N2.C8H5F3O2S.Eu.Ir.Pt/c1-9-21-22(10-2)30-18-32-25(13-5)26(14-6)34(39-32)20-36-28(16-8)27(15-7)35(40-36)19-33-24(12-4)23(11-3)31(38-33)17-29(21)37-30;3*1-25(2,3)22-13-11-18(12-14-22)20-8-6-9-21(17-20)24-23-10-5-4-7-19(23)15-16-26-24;1-3-9-5-6-10-4-2-8-14-12(10)11(9)13-7-1;9-8(10,11)7(13)4-5(12)6-2-1-3-14-6;;;/h17-20H,9-16H2,1-8H3;3*4-8,10-17H,1-3H3;1-8H;1-4,13H;;;/q-2;3*-1;;;;+3;+2. The number of rotatable bonds is 16. The van der Waals surface area contributed by atoms with Crippen LogP contribution in [0.1, 0.15) is 215 Å². The summed E-state index contributed by atoms with van der Waals surface area (Å²) in [5.74, 6) is -2.73. The number of benzene rings is 10. The Morgan fingerprint density at radius 1 is 0.342 bits per heavy atom. The van der Waals surface area contributed by atoms with Crippen molar-refractivity contribution in [2.75, 3.05) is 0 Å². The zero-order valence-corrected chi connectivity index (χ0v) is 95.3. The molecule has 2 aliphatic heterocycles. The van der Waals surface area contributed by atoms with Crippen LogP contribution in [0.3, 0.4) is 0 Å². The van der Waals surface area contributed by atoms with Crippen molar-refractivity contribution in [1.82, 2.24) is 44.9 Å². The maximum Gasteiger partial charge on any atom is 3.00 e. The Labute approximate surface area is 947 Å². The minimum Gasteiger partial charge on any atom is -0.657 e. The molecule has 0 aliphatic carbocycles. The number of alkyl halides is 3. The second-order valence-corrected chi connectivity index (χ2v) is 40.4. The van der Waals surface area contributed by atoms with Gasteiger partial charge >= 0.3 is 47.3 Å². The van der Waals surface area contributed by atoms with Crippen molar-refractivity contribution >= 4 is 116 Å². The van der Waals surface area contributed by atoms with E-state index in [-0.39, 0.29) is 118 Å². The maximum atomic E-state index is 11.8. The van der Waals surface area contributed by atoms with Crippen LogP contribution in [0.4, 0.5) is 13.2 Å². The quantitative estimate of drug-likeness (QED) is 0.0323. The predicted molar refractivity (Wildman–Crippen MR) is 604 cm³/mol. The van der Waals surface area contributed by atoms with Crippen LogP contribution >= 0.6 is 11.3 Å². The third-order valence-corrected chi connectivity index (χ3v) is 27.8. The first-order valence-corrected chi connectivity index (χ1v) is 51.4. The van der Waals surface area contributed by atoms with E-state index in [0.29, 0.717) is 0 Å². The molecule has 19 aromatic rings. The summed E-state index contributed by atoms with van der Waals surface area (Å²) < 4.78 is 35.4. The molecular formula is C131H123EuF3IrN9O2PtS. The van der Waals surface area contributed by atoms with Gasteiger partial charge in [-0.3, -0.25) is 14.8 Å². The number of fused-ring (bicyclic) bond motifs is 14. The van der Waals surface area contributed by atoms with Gasteiger partial charge in [0, 0.05) is 97.2 Å². The predicted octanol–water partition coefficient (Wildman–Crippen LogP) is 35.0. The molecule has 0 fully saturated rings. The van der Waals surface area contributed by atoms with Crippen molar-refractivity contribution in [3.05, 3.63) is 424 Å². The first-order valence-electron chi connectivity index (χ1n) is 50.6. The average molecular weight is 2480 g/mol.